The van der Waals surface area contributed by atoms with Gasteiger partial charge in [0, 0.05) is 10.1 Å². The third-order valence-corrected chi connectivity index (χ3v) is 3.59. The Kier molecular flexibility index (Phi) is 4.11. The Labute approximate surface area is 93.5 Å². The second-order valence-electron chi connectivity index (χ2n) is 3.25. The van der Waals surface area contributed by atoms with E-state index in [-0.39, 0.29) is 11.4 Å². The van der Waals surface area contributed by atoms with Crippen molar-refractivity contribution >= 4 is 29.1 Å². The summed E-state index contributed by atoms with van der Waals surface area (Å²) in [7, 11) is 0. The molecule has 1 aromatic carbocycles. The van der Waals surface area contributed by atoms with Gasteiger partial charge in [-0.1, -0.05) is 18.5 Å². The molecule has 0 radical (unpaired) electrons. The number of hydrogen-bond acceptors (Lipinski definition) is 3. The van der Waals surface area contributed by atoms with Gasteiger partial charge in [0.2, 0.25) is 0 Å². The number of hydrogen-bond donors (Lipinski definition) is 2. The number of rotatable bonds is 3. The van der Waals surface area contributed by atoms with Gasteiger partial charge in [-0.25, -0.2) is 0 Å². The minimum atomic E-state index is -0.337. The van der Waals surface area contributed by atoms with Crippen molar-refractivity contribution in [1.29, 1.82) is 0 Å². The molecular weight excluding hydrogens is 218 g/mol. The number of nitrogens with two attached hydrogens (primary N) is 1. The normalized spacial score (nSPS) is 15.1. The number of halogens is 1. The van der Waals surface area contributed by atoms with Gasteiger partial charge in [0.1, 0.15) is 0 Å². The van der Waals surface area contributed by atoms with Crippen molar-refractivity contribution in [1.82, 2.24) is 0 Å². The molecule has 0 aliphatic rings. The molecule has 0 spiro atoms. The molecule has 0 saturated heterocycles. The van der Waals surface area contributed by atoms with Crippen molar-refractivity contribution in [2.75, 3.05) is 5.73 Å². The molecular formula is C10H14ClNOS. The molecule has 0 bridgehead atoms. The standard InChI is InChI=1S/C10H14ClNOS/c1-6(13)7(2)14-8-3-4-10(12)9(11)5-8/h3-7,13H,12H2,1-2H3. The summed E-state index contributed by atoms with van der Waals surface area (Å²) in [5, 5.41) is 10.0. The Balaban J connectivity index is 2.73. The molecule has 0 aliphatic heterocycles. The molecule has 4 heteroatoms. The lowest BCUT2D eigenvalue weighted by molar-refractivity contribution is 0.196. The van der Waals surface area contributed by atoms with Crippen LogP contribution in [0, 0.1) is 0 Å². The van der Waals surface area contributed by atoms with Gasteiger partial charge in [-0.15, -0.1) is 11.8 Å². The minimum Gasteiger partial charge on any atom is -0.398 e. The fourth-order valence-corrected chi connectivity index (χ4v) is 2.10. The average molecular weight is 232 g/mol. The van der Waals surface area contributed by atoms with Crippen LogP contribution in [0.1, 0.15) is 13.8 Å². The summed E-state index contributed by atoms with van der Waals surface area (Å²) in [6, 6.07) is 5.50. The predicted molar refractivity (Wildman–Crippen MR) is 62.9 cm³/mol. The van der Waals surface area contributed by atoms with E-state index in [1.54, 1.807) is 24.8 Å². The summed E-state index contributed by atoms with van der Waals surface area (Å²) in [6.45, 7) is 3.75. The smallest absolute Gasteiger partial charge is 0.0646 e. The van der Waals surface area contributed by atoms with Crippen LogP contribution in [0.3, 0.4) is 0 Å². The lowest BCUT2D eigenvalue weighted by Gasteiger charge is -2.14. The summed E-state index contributed by atoms with van der Waals surface area (Å²) < 4.78 is 0. The van der Waals surface area contributed by atoms with E-state index < -0.39 is 0 Å². The zero-order valence-electron chi connectivity index (χ0n) is 8.20. The van der Waals surface area contributed by atoms with Crippen molar-refractivity contribution < 1.29 is 5.11 Å². The van der Waals surface area contributed by atoms with E-state index in [9.17, 15) is 5.11 Å². The Morgan fingerprint density at radius 3 is 2.57 bits per heavy atom. The molecule has 2 unspecified atom stereocenters. The van der Waals surface area contributed by atoms with Crippen LogP contribution in [-0.4, -0.2) is 16.5 Å². The topological polar surface area (TPSA) is 46.2 Å². The molecule has 1 rings (SSSR count). The van der Waals surface area contributed by atoms with E-state index in [1.165, 1.54) is 0 Å². The van der Waals surface area contributed by atoms with Gasteiger partial charge in [0.05, 0.1) is 16.8 Å². The summed E-state index contributed by atoms with van der Waals surface area (Å²) in [5.41, 5.74) is 6.17. The van der Waals surface area contributed by atoms with E-state index in [0.717, 1.165) is 4.90 Å². The SMILES string of the molecule is CC(O)C(C)Sc1ccc(N)c(Cl)c1. The Morgan fingerprint density at radius 2 is 2.07 bits per heavy atom. The average Bonchev–Trinajstić information content (AvgIpc) is 2.11. The first-order valence-electron chi connectivity index (χ1n) is 4.40. The third kappa shape index (κ3) is 3.08. The predicted octanol–water partition coefficient (Wildman–Crippen LogP) is 2.78. The number of benzene rings is 1. The fraction of sp³-hybridized carbons (Fsp3) is 0.400. The van der Waals surface area contributed by atoms with Crippen molar-refractivity contribution in [2.45, 2.75) is 30.1 Å². The summed E-state index contributed by atoms with van der Waals surface area (Å²) in [5.74, 6) is 0. The molecule has 0 amide bonds. The highest BCUT2D eigenvalue weighted by atomic mass is 35.5. The summed E-state index contributed by atoms with van der Waals surface area (Å²) in [6.07, 6.45) is -0.337. The minimum absolute atomic E-state index is 0.148. The Hall–Kier alpha value is -0.380. The molecule has 0 aliphatic carbocycles. The first-order valence-corrected chi connectivity index (χ1v) is 5.66. The molecule has 0 aromatic heterocycles. The van der Waals surface area contributed by atoms with Gasteiger partial charge in [-0.2, -0.15) is 0 Å². The summed E-state index contributed by atoms with van der Waals surface area (Å²) >= 11 is 7.46. The molecule has 2 nitrogen and oxygen atoms in total. The maximum absolute atomic E-state index is 9.33. The molecule has 3 N–H and O–H groups in total. The maximum atomic E-state index is 9.33. The van der Waals surface area contributed by atoms with Crippen molar-refractivity contribution in [3.05, 3.63) is 23.2 Å². The molecule has 2 atom stereocenters. The van der Waals surface area contributed by atoms with Gasteiger partial charge >= 0.3 is 0 Å². The van der Waals surface area contributed by atoms with Gasteiger partial charge in [-0.3, -0.25) is 0 Å². The highest BCUT2D eigenvalue weighted by Crippen LogP contribution is 2.29. The number of thioether (sulfide) groups is 1. The molecule has 14 heavy (non-hydrogen) atoms. The molecule has 0 saturated carbocycles. The molecule has 78 valence electrons. The highest BCUT2D eigenvalue weighted by molar-refractivity contribution is 8.00. The lowest BCUT2D eigenvalue weighted by atomic mass is 10.3. The molecule has 0 heterocycles. The van der Waals surface area contributed by atoms with E-state index in [0.29, 0.717) is 10.7 Å². The van der Waals surface area contributed by atoms with Crippen LogP contribution in [-0.2, 0) is 0 Å². The van der Waals surface area contributed by atoms with Gasteiger partial charge in [0.15, 0.2) is 0 Å². The van der Waals surface area contributed by atoms with E-state index >= 15 is 0 Å². The van der Waals surface area contributed by atoms with E-state index in [4.69, 9.17) is 17.3 Å². The molecule has 1 aromatic rings. The van der Waals surface area contributed by atoms with Crippen LogP contribution in [0.2, 0.25) is 5.02 Å². The van der Waals surface area contributed by atoms with Crippen LogP contribution in [0.4, 0.5) is 5.69 Å². The van der Waals surface area contributed by atoms with E-state index in [2.05, 4.69) is 0 Å². The van der Waals surface area contributed by atoms with E-state index in [1.807, 2.05) is 19.1 Å². The molecule has 0 fully saturated rings. The first kappa shape index (κ1) is 11.7. The zero-order chi connectivity index (χ0) is 10.7. The number of aliphatic hydroxyl groups excluding tert-OH is 1. The van der Waals surface area contributed by atoms with Gasteiger partial charge < -0.3 is 10.8 Å². The first-order chi connectivity index (χ1) is 6.50. The number of nitrogen functional groups attached to an aromatic ring is 1. The Morgan fingerprint density at radius 1 is 1.43 bits per heavy atom. The monoisotopic (exact) mass is 231 g/mol. The quantitative estimate of drug-likeness (QED) is 0.621. The van der Waals surface area contributed by atoms with Crippen LogP contribution >= 0.6 is 23.4 Å². The van der Waals surface area contributed by atoms with Gasteiger partial charge in [0.25, 0.3) is 0 Å². The fourth-order valence-electron chi connectivity index (χ4n) is 0.894. The second kappa shape index (κ2) is 4.91. The second-order valence-corrected chi connectivity index (χ2v) is 5.10. The van der Waals surface area contributed by atoms with Crippen LogP contribution in [0.25, 0.3) is 0 Å². The zero-order valence-corrected chi connectivity index (χ0v) is 9.77. The van der Waals surface area contributed by atoms with Crippen LogP contribution < -0.4 is 5.73 Å². The highest BCUT2D eigenvalue weighted by Gasteiger charge is 2.10. The number of anilines is 1. The van der Waals surface area contributed by atoms with Crippen molar-refractivity contribution in [3.63, 3.8) is 0 Å². The van der Waals surface area contributed by atoms with Crippen molar-refractivity contribution in [3.8, 4) is 0 Å². The number of aliphatic hydroxyl groups is 1. The third-order valence-electron chi connectivity index (χ3n) is 1.97. The van der Waals surface area contributed by atoms with Crippen LogP contribution in [0.15, 0.2) is 23.1 Å². The van der Waals surface area contributed by atoms with Crippen LogP contribution in [0.5, 0.6) is 0 Å². The maximum Gasteiger partial charge on any atom is 0.0646 e. The summed E-state index contributed by atoms with van der Waals surface area (Å²) in [4.78, 5) is 1.03. The van der Waals surface area contributed by atoms with Crippen molar-refractivity contribution in [2.24, 2.45) is 0 Å². The Bertz CT molecular complexity index is 317. The lowest BCUT2D eigenvalue weighted by Crippen LogP contribution is -2.14. The largest absolute Gasteiger partial charge is 0.398 e. The van der Waals surface area contributed by atoms with Gasteiger partial charge in [-0.05, 0) is 25.1 Å².